The van der Waals surface area contributed by atoms with Gasteiger partial charge in [0.05, 0.1) is 23.6 Å². The van der Waals surface area contributed by atoms with Crippen LogP contribution < -0.4 is 15.1 Å². The second kappa shape index (κ2) is 6.77. The predicted molar refractivity (Wildman–Crippen MR) is 104 cm³/mol. The van der Waals surface area contributed by atoms with Crippen LogP contribution in [0.15, 0.2) is 48.9 Å². The van der Waals surface area contributed by atoms with Crippen molar-refractivity contribution in [3.63, 3.8) is 0 Å². The molecule has 0 radical (unpaired) electrons. The number of amides is 2. The number of carbonyl (C=O) groups excluding carboxylic acids is 1. The molecule has 1 atom stereocenters. The van der Waals surface area contributed by atoms with Crippen molar-refractivity contribution >= 4 is 23.4 Å². The van der Waals surface area contributed by atoms with E-state index in [0.717, 1.165) is 24.7 Å². The van der Waals surface area contributed by atoms with Crippen LogP contribution >= 0.6 is 0 Å². The molecule has 2 aromatic heterocycles. The van der Waals surface area contributed by atoms with E-state index in [1.165, 1.54) is 30.7 Å². The van der Waals surface area contributed by atoms with Crippen molar-refractivity contribution in [3.8, 4) is 11.3 Å². The fourth-order valence-electron chi connectivity index (χ4n) is 3.87. The number of halogens is 2. The molecule has 29 heavy (non-hydrogen) atoms. The first-order chi connectivity index (χ1) is 14.1. The van der Waals surface area contributed by atoms with E-state index >= 15 is 0 Å². The molecule has 2 bridgehead atoms. The van der Waals surface area contributed by atoms with Crippen molar-refractivity contribution in [2.45, 2.75) is 12.5 Å². The van der Waals surface area contributed by atoms with E-state index in [4.69, 9.17) is 0 Å². The molecule has 0 unspecified atom stereocenters. The average molecular weight is 394 g/mol. The van der Waals surface area contributed by atoms with E-state index in [1.54, 1.807) is 11.0 Å². The molecule has 0 aliphatic carbocycles. The Morgan fingerprint density at radius 2 is 1.97 bits per heavy atom. The standard InChI is InChI=1S/C20H16F2N6O/c21-13-7-12(8-14(22)9-13)16-1-2-17-19(25-16)28(15-3-6-27(17)11-15)20(29)26-18-10-23-4-5-24-18/h1-2,4-5,7-10,15H,3,6,11H2,(H,24,26,29)/t15-/m0/s1. The second-order valence-corrected chi connectivity index (χ2v) is 6.98. The maximum atomic E-state index is 13.7. The number of fused-ring (bicyclic) bond motifs is 4. The summed E-state index contributed by atoms with van der Waals surface area (Å²) in [7, 11) is 0. The van der Waals surface area contributed by atoms with E-state index in [2.05, 4.69) is 25.2 Å². The molecule has 0 saturated carbocycles. The van der Waals surface area contributed by atoms with Crippen molar-refractivity contribution in [2.75, 3.05) is 28.2 Å². The number of aromatic nitrogens is 3. The monoisotopic (exact) mass is 394 g/mol. The summed E-state index contributed by atoms with van der Waals surface area (Å²) >= 11 is 0. The number of benzene rings is 1. The largest absolute Gasteiger partial charge is 0.366 e. The maximum Gasteiger partial charge on any atom is 0.329 e. The third-order valence-corrected chi connectivity index (χ3v) is 5.13. The lowest BCUT2D eigenvalue weighted by molar-refractivity contribution is 0.254. The van der Waals surface area contributed by atoms with Gasteiger partial charge in [-0.25, -0.2) is 23.5 Å². The van der Waals surface area contributed by atoms with Crippen molar-refractivity contribution in [3.05, 3.63) is 60.6 Å². The summed E-state index contributed by atoms with van der Waals surface area (Å²) in [5, 5.41) is 2.75. The van der Waals surface area contributed by atoms with Crippen LogP contribution in [0, 0.1) is 11.6 Å². The summed E-state index contributed by atoms with van der Waals surface area (Å²) in [5.74, 6) is -0.564. The smallest absolute Gasteiger partial charge is 0.329 e. The quantitative estimate of drug-likeness (QED) is 0.721. The summed E-state index contributed by atoms with van der Waals surface area (Å²) in [6.45, 7) is 1.51. The average Bonchev–Trinajstić information content (AvgIpc) is 3.12. The Balaban J connectivity index is 1.55. The molecule has 2 amide bonds. The number of nitrogens with one attached hydrogen (secondary N) is 1. The van der Waals surface area contributed by atoms with E-state index in [1.807, 2.05) is 6.07 Å². The molecule has 1 aromatic carbocycles. The fourth-order valence-corrected chi connectivity index (χ4v) is 3.87. The summed E-state index contributed by atoms with van der Waals surface area (Å²) in [5.41, 5.74) is 1.52. The molecular formula is C20H16F2N6O. The topological polar surface area (TPSA) is 74.2 Å². The van der Waals surface area contributed by atoms with Crippen LogP contribution in [0.1, 0.15) is 6.42 Å². The molecule has 1 fully saturated rings. The first kappa shape index (κ1) is 17.5. The number of carbonyl (C=O) groups is 1. The van der Waals surface area contributed by atoms with Gasteiger partial charge in [-0.1, -0.05) is 0 Å². The second-order valence-electron chi connectivity index (χ2n) is 6.98. The Kier molecular flexibility index (Phi) is 4.08. The van der Waals surface area contributed by atoms with Gasteiger partial charge in [-0.15, -0.1) is 0 Å². The molecule has 3 aromatic rings. The summed E-state index contributed by atoms with van der Waals surface area (Å²) in [6.07, 6.45) is 5.27. The lowest BCUT2D eigenvalue weighted by Crippen LogP contribution is -2.48. The van der Waals surface area contributed by atoms with Crippen LogP contribution in [-0.2, 0) is 0 Å². The lowest BCUT2D eigenvalue weighted by Gasteiger charge is -2.35. The van der Waals surface area contributed by atoms with Gasteiger partial charge in [0.2, 0.25) is 0 Å². The Hall–Kier alpha value is -3.62. The first-order valence-corrected chi connectivity index (χ1v) is 9.17. The van der Waals surface area contributed by atoms with Gasteiger partial charge in [0.15, 0.2) is 11.6 Å². The molecule has 0 spiro atoms. The molecule has 5 rings (SSSR count). The number of hydrogen-bond donors (Lipinski definition) is 1. The van der Waals surface area contributed by atoms with Gasteiger partial charge >= 0.3 is 6.03 Å². The molecule has 1 saturated heterocycles. The first-order valence-electron chi connectivity index (χ1n) is 9.17. The minimum atomic E-state index is -0.680. The van der Waals surface area contributed by atoms with Crippen LogP contribution in [0.5, 0.6) is 0 Å². The third kappa shape index (κ3) is 3.14. The predicted octanol–water partition coefficient (Wildman–Crippen LogP) is 3.45. The van der Waals surface area contributed by atoms with Gasteiger partial charge in [-0.2, -0.15) is 0 Å². The Labute approximate surface area is 165 Å². The van der Waals surface area contributed by atoms with Gasteiger partial charge in [-0.05, 0) is 30.7 Å². The van der Waals surface area contributed by atoms with E-state index in [-0.39, 0.29) is 12.1 Å². The minimum Gasteiger partial charge on any atom is -0.366 e. The molecule has 2 aliphatic heterocycles. The molecule has 9 heteroatoms. The van der Waals surface area contributed by atoms with Gasteiger partial charge in [0, 0.05) is 37.1 Å². The van der Waals surface area contributed by atoms with Crippen molar-refractivity contribution in [1.82, 2.24) is 15.0 Å². The van der Waals surface area contributed by atoms with Gasteiger partial charge in [0.1, 0.15) is 11.6 Å². The van der Waals surface area contributed by atoms with Crippen LogP contribution in [-0.4, -0.2) is 40.1 Å². The number of nitrogens with zero attached hydrogens (tertiary/aromatic N) is 5. The Morgan fingerprint density at radius 1 is 1.14 bits per heavy atom. The molecule has 1 N–H and O–H groups in total. The maximum absolute atomic E-state index is 13.7. The van der Waals surface area contributed by atoms with Crippen LogP contribution in [0.25, 0.3) is 11.3 Å². The summed E-state index contributed by atoms with van der Waals surface area (Å²) in [6, 6.07) is 6.39. The van der Waals surface area contributed by atoms with Crippen molar-refractivity contribution < 1.29 is 13.6 Å². The minimum absolute atomic E-state index is 0.0498. The SMILES string of the molecule is O=C(Nc1cnccn1)N1c2nc(-c3cc(F)cc(F)c3)ccc2N2CC[C@H]1C2. The normalized spacial score (nSPS) is 17.2. The zero-order valence-electron chi connectivity index (χ0n) is 15.2. The van der Waals surface area contributed by atoms with E-state index in [9.17, 15) is 13.6 Å². The highest BCUT2D eigenvalue weighted by atomic mass is 19.1. The van der Waals surface area contributed by atoms with E-state index in [0.29, 0.717) is 29.4 Å². The van der Waals surface area contributed by atoms with E-state index < -0.39 is 11.6 Å². The van der Waals surface area contributed by atoms with Gasteiger partial charge in [0.25, 0.3) is 0 Å². The fraction of sp³-hybridized carbons (Fsp3) is 0.200. The molecule has 4 heterocycles. The van der Waals surface area contributed by atoms with Gasteiger partial charge in [-0.3, -0.25) is 15.2 Å². The molecule has 7 nitrogen and oxygen atoms in total. The zero-order valence-corrected chi connectivity index (χ0v) is 15.2. The van der Waals surface area contributed by atoms with Crippen molar-refractivity contribution in [2.24, 2.45) is 0 Å². The molecule has 146 valence electrons. The number of rotatable bonds is 2. The Bertz CT molecular complexity index is 1070. The Morgan fingerprint density at radius 3 is 2.72 bits per heavy atom. The highest BCUT2D eigenvalue weighted by Crippen LogP contribution is 2.40. The number of pyridine rings is 1. The summed E-state index contributed by atoms with van der Waals surface area (Å²) in [4.78, 5) is 29.4. The van der Waals surface area contributed by atoms with Crippen LogP contribution in [0.4, 0.5) is 30.9 Å². The highest BCUT2D eigenvalue weighted by Gasteiger charge is 2.40. The lowest BCUT2D eigenvalue weighted by atomic mass is 10.1. The molecule has 2 aliphatic rings. The highest BCUT2D eigenvalue weighted by molar-refractivity contribution is 6.04. The number of anilines is 3. The van der Waals surface area contributed by atoms with Crippen molar-refractivity contribution in [1.29, 1.82) is 0 Å². The van der Waals surface area contributed by atoms with Crippen LogP contribution in [0.2, 0.25) is 0 Å². The zero-order chi connectivity index (χ0) is 20.0. The summed E-state index contributed by atoms with van der Waals surface area (Å²) < 4.78 is 27.3. The van der Waals surface area contributed by atoms with Gasteiger partial charge < -0.3 is 4.90 Å². The van der Waals surface area contributed by atoms with Crippen LogP contribution in [0.3, 0.4) is 0 Å². The molecular weight excluding hydrogens is 378 g/mol. The number of urea groups is 1. The third-order valence-electron chi connectivity index (χ3n) is 5.13. The number of hydrogen-bond acceptors (Lipinski definition) is 5.